The third-order valence-corrected chi connectivity index (χ3v) is 7.22. The monoisotopic (exact) mass is 519 g/mol. The van der Waals surface area contributed by atoms with E-state index < -0.39 is 33.2 Å². The van der Waals surface area contributed by atoms with Crippen LogP contribution >= 0.6 is 0 Å². The molecule has 1 fully saturated rings. The highest BCUT2D eigenvalue weighted by Gasteiger charge is 2.28. The number of likely N-dealkylation sites (N-methyl/N-ethyl adjacent to an activating group) is 1. The van der Waals surface area contributed by atoms with Gasteiger partial charge in [-0.3, -0.25) is 4.79 Å². The Labute approximate surface area is 208 Å². The second-order valence-corrected chi connectivity index (χ2v) is 9.88. The van der Waals surface area contributed by atoms with Gasteiger partial charge in [-0.2, -0.15) is 9.57 Å². The van der Waals surface area contributed by atoms with E-state index in [2.05, 4.69) is 0 Å². The lowest BCUT2D eigenvalue weighted by atomic mass is 10.2. The lowest BCUT2D eigenvalue weighted by Gasteiger charge is -2.32. The zero-order valence-corrected chi connectivity index (χ0v) is 20.4. The van der Waals surface area contributed by atoms with Gasteiger partial charge in [0.25, 0.3) is 0 Å². The Morgan fingerprint density at radius 2 is 1.83 bits per heavy atom. The van der Waals surface area contributed by atoms with Gasteiger partial charge in [0.15, 0.2) is 11.6 Å². The Balaban J connectivity index is 1.73. The van der Waals surface area contributed by atoms with Crippen LogP contribution in [-0.4, -0.2) is 87.4 Å². The number of nitrogens with zero attached hydrogens (tertiary/aromatic N) is 4. The molecule has 0 saturated carbocycles. The fourth-order valence-corrected chi connectivity index (χ4v) is 4.82. The van der Waals surface area contributed by atoms with E-state index in [1.54, 1.807) is 4.90 Å². The number of halogens is 1. The van der Waals surface area contributed by atoms with Gasteiger partial charge < -0.3 is 25.0 Å². The van der Waals surface area contributed by atoms with Crippen molar-refractivity contribution in [2.24, 2.45) is 5.73 Å². The third-order valence-electron chi connectivity index (χ3n) is 5.38. The molecule has 0 aromatic heterocycles. The summed E-state index contributed by atoms with van der Waals surface area (Å²) in [5.41, 5.74) is 5.65. The molecule has 2 aromatic rings. The maximum absolute atomic E-state index is 14.7. The zero-order chi connectivity index (χ0) is 26.3. The fourth-order valence-electron chi connectivity index (χ4n) is 3.41. The van der Waals surface area contributed by atoms with Crippen LogP contribution in [0.5, 0.6) is 11.5 Å². The number of benzene rings is 2. The summed E-state index contributed by atoms with van der Waals surface area (Å²) in [5.74, 6) is -1.82. The first-order chi connectivity index (χ1) is 17.1. The van der Waals surface area contributed by atoms with E-state index in [0.717, 1.165) is 22.5 Å². The lowest BCUT2D eigenvalue weighted by molar-refractivity contribution is -0.118. The molecule has 3 amide bonds. The van der Waals surface area contributed by atoms with E-state index in [-0.39, 0.29) is 30.6 Å². The number of carbonyl (C=O) groups is 2. The molecule has 0 unspecified atom stereocenters. The Morgan fingerprint density at radius 1 is 1.17 bits per heavy atom. The molecule has 1 aliphatic heterocycles. The molecule has 192 valence electrons. The number of morpholine rings is 1. The van der Waals surface area contributed by atoms with Gasteiger partial charge in [0, 0.05) is 33.2 Å². The number of urea groups is 1. The van der Waals surface area contributed by atoms with Crippen molar-refractivity contribution in [2.45, 2.75) is 4.90 Å². The molecule has 11 nitrogen and oxygen atoms in total. The predicted molar refractivity (Wildman–Crippen MR) is 126 cm³/mol. The lowest BCUT2D eigenvalue weighted by Crippen LogP contribution is -2.49. The van der Waals surface area contributed by atoms with E-state index in [9.17, 15) is 22.4 Å². The van der Waals surface area contributed by atoms with E-state index in [0.29, 0.717) is 31.9 Å². The summed E-state index contributed by atoms with van der Waals surface area (Å²) in [6, 6.07) is 10.7. The van der Waals surface area contributed by atoms with Crippen molar-refractivity contribution in [3.63, 3.8) is 0 Å². The number of nitriles is 1. The van der Waals surface area contributed by atoms with Gasteiger partial charge in [-0.1, -0.05) is 0 Å². The molecule has 2 N–H and O–H groups in total. The van der Waals surface area contributed by atoms with Crippen molar-refractivity contribution in [2.75, 3.05) is 53.0 Å². The number of amides is 3. The van der Waals surface area contributed by atoms with E-state index >= 15 is 0 Å². The Kier molecular flexibility index (Phi) is 8.81. The van der Waals surface area contributed by atoms with Crippen molar-refractivity contribution in [1.29, 1.82) is 5.26 Å². The summed E-state index contributed by atoms with van der Waals surface area (Å²) < 4.78 is 52.6. The van der Waals surface area contributed by atoms with Gasteiger partial charge in [0.1, 0.15) is 5.75 Å². The maximum Gasteiger partial charge on any atom is 0.319 e. The molecule has 36 heavy (non-hydrogen) atoms. The highest BCUT2D eigenvalue weighted by molar-refractivity contribution is 7.89. The van der Waals surface area contributed by atoms with Crippen molar-refractivity contribution >= 4 is 22.0 Å². The fraction of sp³-hybridized carbons (Fsp3) is 0.348. The molecule has 3 rings (SSSR count). The molecular formula is C23H26FN5O6S. The number of hydrogen-bond donors (Lipinski definition) is 1. The quantitative estimate of drug-likeness (QED) is 0.526. The van der Waals surface area contributed by atoms with Crippen LogP contribution < -0.4 is 10.5 Å². The van der Waals surface area contributed by atoms with Gasteiger partial charge in [-0.15, -0.1) is 0 Å². The molecule has 0 aliphatic carbocycles. The molecule has 0 radical (unpaired) electrons. The second kappa shape index (κ2) is 11.8. The molecule has 13 heteroatoms. The number of sulfonamides is 1. The first-order valence-corrected chi connectivity index (χ1v) is 12.4. The average Bonchev–Trinajstić information content (AvgIpc) is 2.87. The summed E-state index contributed by atoms with van der Waals surface area (Å²) in [7, 11) is -2.82. The molecule has 0 spiro atoms. The second-order valence-electron chi connectivity index (χ2n) is 7.94. The van der Waals surface area contributed by atoms with E-state index in [4.69, 9.17) is 20.5 Å². The SMILES string of the molecule is CN(CCN(CC(N)=O)S(=O)(=O)c1ccc(Oc2ccc(C#N)cc2)c(F)c1)C(=O)N1CCOCC1. The number of hydrogen-bond acceptors (Lipinski definition) is 7. The Hall–Kier alpha value is -3.73. The molecule has 1 aliphatic rings. The Morgan fingerprint density at radius 3 is 2.42 bits per heavy atom. The van der Waals surface area contributed by atoms with E-state index in [1.807, 2.05) is 6.07 Å². The van der Waals surface area contributed by atoms with Crippen LogP contribution in [0, 0.1) is 17.1 Å². The average molecular weight is 520 g/mol. The number of carbonyl (C=O) groups excluding carboxylic acids is 2. The van der Waals surface area contributed by atoms with Gasteiger partial charge in [-0.05, 0) is 42.5 Å². The normalized spacial score (nSPS) is 13.8. The van der Waals surface area contributed by atoms with Crippen LogP contribution in [0.1, 0.15) is 5.56 Å². The minimum absolute atomic E-state index is 0.0227. The maximum atomic E-state index is 14.7. The van der Waals surface area contributed by atoms with Gasteiger partial charge in [0.2, 0.25) is 15.9 Å². The van der Waals surface area contributed by atoms with Crippen LogP contribution in [0.15, 0.2) is 47.4 Å². The van der Waals surface area contributed by atoms with Crippen LogP contribution in [-0.2, 0) is 19.6 Å². The van der Waals surface area contributed by atoms with Gasteiger partial charge >= 0.3 is 6.03 Å². The highest BCUT2D eigenvalue weighted by Crippen LogP contribution is 2.28. The van der Waals surface area contributed by atoms with Crippen LogP contribution in [0.25, 0.3) is 0 Å². The van der Waals surface area contributed by atoms with Gasteiger partial charge in [0.05, 0.1) is 36.3 Å². The minimum Gasteiger partial charge on any atom is -0.454 e. The van der Waals surface area contributed by atoms with Crippen molar-refractivity contribution in [3.05, 3.63) is 53.8 Å². The first-order valence-electron chi connectivity index (χ1n) is 11.0. The highest BCUT2D eigenvalue weighted by atomic mass is 32.2. The van der Waals surface area contributed by atoms with Crippen molar-refractivity contribution < 1.29 is 31.9 Å². The van der Waals surface area contributed by atoms with Gasteiger partial charge in [-0.25, -0.2) is 17.6 Å². The Bertz CT molecular complexity index is 1240. The molecule has 2 aromatic carbocycles. The number of ether oxygens (including phenoxy) is 2. The van der Waals surface area contributed by atoms with Crippen LogP contribution in [0.4, 0.5) is 9.18 Å². The van der Waals surface area contributed by atoms with Crippen LogP contribution in [0.3, 0.4) is 0 Å². The minimum atomic E-state index is -4.33. The molecule has 1 heterocycles. The molecular weight excluding hydrogens is 493 g/mol. The van der Waals surface area contributed by atoms with E-state index in [1.165, 1.54) is 36.2 Å². The topological polar surface area (TPSA) is 146 Å². The summed E-state index contributed by atoms with van der Waals surface area (Å²) in [6.07, 6.45) is 0. The van der Waals surface area contributed by atoms with Crippen molar-refractivity contribution in [1.82, 2.24) is 14.1 Å². The zero-order valence-electron chi connectivity index (χ0n) is 19.6. The van der Waals surface area contributed by atoms with Crippen molar-refractivity contribution in [3.8, 4) is 17.6 Å². The summed E-state index contributed by atoms with van der Waals surface area (Å²) >= 11 is 0. The first kappa shape index (κ1) is 26.9. The van der Waals surface area contributed by atoms with Crippen LogP contribution in [0.2, 0.25) is 0 Å². The summed E-state index contributed by atoms with van der Waals surface area (Å²) in [4.78, 5) is 26.7. The smallest absolute Gasteiger partial charge is 0.319 e. The number of primary amides is 1. The largest absolute Gasteiger partial charge is 0.454 e. The summed E-state index contributed by atoms with van der Waals surface area (Å²) in [6.45, 7) is 0.767. The standard InChI is InChI=1S/C23H26FN5O6S/c1-27(23(31)28-10-12-34-13-11-28)8-9-29(16-22(26)30)36(32,33)19-6-7-21(20(24)14-19)35-18-4-2-17(15-25)3-5-18/h2-7,14H,8-13,16H2,1H3,(H2,26,30). The third kappa shape index (κ3) is 6.69. The molecule has 0 bridgehead atoms. The predicted octanol–water partition coefficient (Wildman–Crippen LogP) is 1.35. The number of nitrogens with two attached hydrogens (primary N) is 1. The molecule has 1 saturated heterocycles. The number of rotatable bonds is 9. The molecule has 0 atom stereocenters. The summed E-state index contributed by atoms with van der Waals surface area (Å²) in [5, 5.41) is 8.86.